The third kappa shape index (κ3) is 35.4. The van der Waals surface area contributed by atoms with Crippen LogP contribution >= 0.6 is 7.82 Å². The molecule has 0 aliphatic carbocycles. The molecular formula is C45H73O9P. The number of hydrogen-bond donors (Lipinski definition) is 2. The maximum absolute atomic E-state index is 12.4. The van der Waals surface area contributed by atoms with Gasteiger partial charge in [0.05, 0.1) is 18.8 Å². The largest absolute Gasteiger partial charge is 0.469 e. The normalized spacial score (nSPS) is 17.0. The van der Waals surface area contributed by atoms with E-state index in [9.17, 15) is 14.2 Å². The van der Waals surface area contributed by atoms with E-state index in [1.165, 1.54) is 44.9 Å². The van der Waals surface area contributed by atoms with Crippen molar-refractivity contribution in [3.63, 3.8) is 0 Å². The average molecular weight is 789 g/mol. The van der Waals surface area contributed by atoms with Gasteiger partial charge in [-0.1, -0.05) is 131 Å². The molecule has 1 fully saturated rings. The van der Waals surface area contributed by atoms with Crippen molar-refractivity contribution in [3.8, 4) is 0 Å². The number of phosphoric acid groups is 1. The van der Waals surface area contributed by atoms with Gasteiger partial charge in [-0.05, 0) is 96.3 Å². The molecule has 0 aromatic heterocycles. The average Bonchev–Trinajstić information content (AvgIpc) is 3.91. The number of carbonyl (C=O) groups excluding carboxylic acids is 2. The number of epoxide rings is 1. The molecule has 2 N–H and O–H groups in total. The second-order valence-electron chi connectivity index (χ2n) is 14.0. The first-order valence-electron chi connectivity index (χ1n) is 21.0. The zero-order chi connectivity index (χ0) is 40.1. The second-order valence-corrected chi connectivity index (χ2v) is 15.2. The van der Waals surface area contributed by atoms with Crippen molar-refractivity contribution in [2.45, 2.75) is 173 Å². The molecule has 9 nitrogen and oxygen atoms in total. The molecule has 1 aliphatic rings. The summed E-state index contributed by atoms with van der Waals surface area (Å²) < 4.78 is 32.1. The van der Waals surface area contributed by atoms with Crippen LogP contribution in [0.25, 0.3) is 0 Å². The summed E-state index contributed by atoms with van der Waals surface area (Å²) in [6, 6.07) is 0. The van der Waals surface area contributed by atoms with Crippen molar-refractivity contribution in [1.82, 2.24) is 0 Å². The SMILES string of the molecule is CCCCC/C=C\C/C=C\C/C=C\C/C=C\CCCCCC(=O)O[C@H](COC(=O)CCCC1OC1C/C=C\C/C=C\C/C=C\CCCCC)COP(=O)(O)O. The number of unbranched alkanes of at least 4 members (excludes halogenated alkanes) is 9. The first kappa shape index (κ1) is 50.2. The number of allylic oxidation sites excluding steroid dienone is 13. The zero-order valence-corrected chi connectivity index (χ0v) is 34.9. The summed E-state index contributed by atoms with van der Waals surface area (Å²) in [5.74, 6) is -1.01. The van der Waals surface area contributed by atoms with Crippen LogP contribution in [0.5, 0.6) is 0 Å². The summed E-state index contributed by atoms with van der Waals surface area (Å²) in [4.78, 5) is 43.0. The molecule has 2 unspecified atom stereocenters. The molecule has 0 bridgehead atoms. The van der Waals surface area contributed by atoms with Crippen LogP contribution in [0.2, 0.25) is 0 Å². The molecule has 0 radical (unpaired) electrons. The van der Waals surface area contributed by atoms with Crippen molar-refractivity contribution in [2.75, 3.05) is 13.2 Å². The quantitative estimate of drug-likeness (QED) is 0.0209. The summed E-state index contributed by atoms with van der Waals surface area (Å²) in [7, 11) is -4.79. The molecule has 0 spiro atoms. The van der Waals surface area contributed by atoms with Crippen molar-refractivity contribution in [2.24, 2.45) is 0 Å². The van der Waals surface area contributed by atoms with Gasteiger partial charge < -0.3 is 24.0 Å². The fraction of sp³-hybridized carbons (Fsp3) is 0.644. The number of rotatable bonds is 36. The Balaban J connectivity index is 2.16. The Kier molecular flexibility index (Phi) is 32.5. The van der Waals surface area contributed by atoms with Crippen LogP contribution in [-0.4, -0.2) is 53.3 Å². The van der Waals surface area contributed by atoms with Gasteiger partial charge >= 0.3 is 19.8 Å². The Morgan fingerprint density at radius 3 is 1.56 bits per heavy atom. The third-order valence-corrected chi connectivity index (χ3v) is 9.30. The minimum absolute atomic E-state index is 0.129. The fourth-order valence-corrected chi connectivity index (χ4v) is 5.92. The maximum atomic E-state index is 12.4. The van der Waals surface area contributed by atoms with E-state index in [-0.39, 0.29) is 31.7 Å². The first-order valence-corrected chi connectivity index (χ1v) is 22.5. The molecule has 0 aromatic carbocycles. The molecule has 312 valence electrons. The highest BCUT2D eigenvalue weighted by Crippen LogP contribution is 2.36. The number of esters is 2. The van der Waals surface area contributed by atoms with Crippen LogP contribution in [0, 0.1) is 0 Å². The van der Waals surface area contributed by atoms with Crippen molar-refractivity contribution in [1.29, 1.82) is 0 Å². The molecule has 0 amide bonds. The number of ether oxygens (including phenoxy) is 3. The third-order valence-electron chi connectivity index (χ3n) is 8.81. The summed E-state index contributed by atoms with van der Waals surface area (Å²) >= 11 is 0. The molecule has 10 heteroatoms. The van der Waals surface area contributed by atoms with E-state index in [1.807, 2.05) is 0 Å². The Bertz CT molecular complexity index is 1230. The van der Waals surface area contributed by atoms with Gasteiger partial charge in [0, 0.05) is 12.8 Å². The minimum Gasteiger partial charge on any atom is -0.462 e. The van der Waals surface area contributed by atoms with Gasteiger partial charge in [0.25, 0.3) is 0 Å². The van der Waals surface area contributed by atoms with Gasteiger partial charge in [0.1, 0.15) is 6.61 Å². The van der Waals surface area contributed by atoms with Crippen LogP contribution in [0.1, 0.15) is 155 Å². The summed E-state index contributed by atoms with van der Waals surface area (Å²) in [5.41, 5.74) is 0. The Morgan fingerprint density at radius 1 is 0.582 bits per heavy atom. The number of hydrogen-bond acceptors (Lipinski definition) is 7. The van der Waals surface area contributed by atoms with E-state index >= 15 is 0 Å². The monoisotopic (exact) mass is 788 g/mol. The molecule has 55 heavy (non-hydrogen) atoms. The lowest BCUT2D eigenvalue weighted by atomic mass is 10.1. The van der Waals surface area contributed by atoms with E-state index in [0.29, 0.717) is 12.8 Å². The van der Waals surface area contributed by atoms with Crippen LogP contribution in [-0.2, 0) is 32.9 Å². The summed E-state index contributed by atoms with van der Waals surface area (Å²) in [6.07, 6.45) is 50.3. The molecule has 1 aliphatic heterocycles. The lowest BCUT2D eigenvalue weighted by molar-refractivity contribution is -0.161. The molecule has 3 atom stereocenters. The van der Waals surface area contributed by atoms with Crippen LogP contribution in [0.4, 0.5) is 0 Å². The molecule has 1 rings (SSSR count). The molecule has 0 aromatic rings. The van der Waals surface area contributed by atoms with Gasteiger partial charge in [-0.15, -0.1) is 0 Å². The molecule has 1 saturated heterocycles. The highest BCUT2D eigenvalue weighted by molar-refractivity contribution is 7.46. The van der Waals surface area contributed by atoms with Crippen LogP contribution < -0.4 is 0 Å². The van der Waals surface area contributed by atoms with Gasteiger partial charge in [-0.25, -0.2) is 4.57 Å². The lowest BCUT2D eigenvalue weighted by Crippen LogP contribution is -2.29. The van der Waals surface area contributed by atoms with Crippen molar-refractivity contribution in [3.05, 3.63) is 85.1 Å². The van der Waals surface area contributed by atoms with E-state index < -0.39 is 32.5 Å². The lowest BCUT2D eigenvalue weighted by Gasteiger charge is -2.18. The van der Waals surface area contributed by atoms with Crippen molar-refractivity contribution < 1.29 is 42.7 Å². The molecule has 1 heterocycles. The van der Waals surface area contributed by atoms with Crippen LogP contribution in [0.15, 0.2) is 85.1 Å². The van der Waals surface area contributed by atoms with Gasteiger partial charge in [0.2, 0.25) is 0 Å². The van der Waals surface area contributed by atoms with E-state index in [4.69, 9.17) is 24.0 Å². The maximum Gasteiger partial charge on any atom is 0.469 e. The van der Waals surface area contributed by atoms with Crippen LogP contribution in [0.3, 0.4) is 0 Å². The van der Waals surface area contributed by atoms with Gasteiger partial charge in [0.15, 0.2) is 6.10 Å². The second kappa shape index (κ2) is 35.6. The summed E-state index contributed by atoms with van der Waals surface area (Å²) in [5, 5.41) is 0. The Hall–Kier alpha value is -2.81. The molecular weight excluding hydrogens is 715 g/mol. The first-order chi connectivity index (χ1) is 26.7. The fourth-order valence-electron chi connectivity index (χ4n) is 5.56. The van der Waals surface area contributed by atoms with Gasteiger partial charge in [-0.2, -0.15) is 0 Å². The number of carbonyl (C=O) groups is 2. The highest BCUT2D eigenvalue weighted by atomic mass is 31.2. The Labute approximate surface area is 333 Å². The van der Waals surface area contributed by atoms with Crippen molar-refractivity contribution >= 4 is 19.8 Å². The minimum atomic E-state index is -4.79. The summed E-state index contributed by atoms with van der Waals surface area (Å²) in [6.45, 7) is 3.52. The zero-order valence-electron chi connectivity index (χ0n) is 34.0. The van der Waals surface area contributed by atoms with Gasteiger partial charge in [-0.3, -0.25) is 14.1 Å². The Morgan fingerprint density at radius 2 is 1.05 bits per heavy atom. The van der Waals surface area contributed by atoms with E-state index in [2.05, 4.69) is 103 Å². The molecule has 0 saturated carbocycles. The smallest absolute Gasteiger partial charge is 0.462 e. The van der Waals surface area contributed by atoms with E-state index in [0.717, 1.165) is 70.6 Å². The highest BCUT2D eigenvalue weighted by Gasteiger charge is 2.36. The topological polar surface area (TPSA) is 132 Å². The predicted octanol–water partition coefficient (Wildman–Crippen LogP) is 11.8. The predicted molar refractivity (Wildman–Crippen MR) is 224 cm³/mol. The standard InChI is InChI=1S/C45H73O9P/c1-3-5-7-9-11-13-15-17-18-19-20-21-22-23-25-27-29-31-33-37-45(47)53-41(40-52-55(48,49)50)39-51-44(46)38-34-36-43-42(54-43)35-32-30-28-26-24-16-14-12-10-8-6-4-2/h11-14,17-18,20-21,23-26,30,32,41-43H,3-10,15-16,19,22,27-29,31,33-40H2,1-2H3,(H2,48,49,50)/b13-11-,14-12-,18-17-,21-20-,25-23-,26-24-,32-30-/t41-,42?,43?/m1/s1. The number of phosphoric ester groups is 1. The van der Waals surface area contributed by atoms with E-state index in [1.54, 1.807) is 0 Å².